The van der Waals surface area contributed by atoms with E-state index in [1.165, 1.54) is 0 Å². The quantitative estimate of drug-likeness (QED) is 0.877. The number of aliphatic hydroxyl groups excluding tert-OH is 1. The summed E-state index contributed by atoms with van der Waals surface area (Å²) in [7, 11) is 0. The summed E-state index contributed by atoms with van der Waals surface area (Å²) in [6, 6.07) is 10.1. The first-order valence-electron chi connectivity index (χ1n) is 4.51. The normalized spacial score (nSPS) is 29.6. The Bertz CT molecular complexity index is 381. The smallest absolute Gasteiger partial charge is 0.0877 e. The fourth-order valence-corrected chi connectivity index (χ4v) is 2.12. The molecule has 1 aliphatic rings. The average Bonchev–Trinajstić information content (AvgIpc) is 2.94. The third-order valence-electron chi connectivity index (χ3n) is 2.88. The van der Waals surface area contributed by atoms with Crippen molar-refractivity contribution in [1.82, 2.24) is 0 Å². The molecule has 2 atom stereocenters. The van der Waals surface area contributed by atoms with E-state index in [0.29, 0.717) is 0 Å². The molecule has 0 amide bonds. The molecule has 72 valence electrons. The van der Waals surface area contributed by atoms with Crippen LogP contribution < -0.4 is 0 Å². The average molecular weight is 252 g/mol. The molecular formula is C11H10BrNO. The predicted octanol–water partition coefficient (Wildman–Crippen LogP) is 2.22. The molecule has 3 heteroatoms. The minimum atomic E-state index is -0.421. The van der Waals surface area contributed by atoms with Crippen LogP contribution in [0.4, 0.5) is 0 Å². The summed E-state index contributed by atoms with van der Waals surface area (Å²) < 4.78 is 1.01. The van der Waals surface area contributed by atoms with Gasteiger partial charge in [-0.15, -0.1) is 0 Å². The van der Waals surface area contributed by atoms with Crippen LogP contribution in [0.3, 0.4) is 0 Å². The molecular weight excluding hydrogens is 242 g/mol. The summed E-state index contributed by atoms with van der Waals surface area (Å²) in [5, 5.41) is 18.1. The molecule has 0 spiro atoms. The Kier molecular flexibility index (Phi) is 2.34. The van der Waals surface area contributed by atoms with Crippen LogP contribution in [-0.4, -0.2) is 11.7 Å². The Morgan fingerprint density at radius 3 is 2.57 bits per heavy atom. The lowest BCUT2D eigenvalue weighted by Crippen LogP contribution is -2.08. The number of hydrogen-bond donors (Lipinski definition) is 1. The van der Waals surface area contributed by atoms with Crippen LogP contribution in [0.15, 0.2) is 28.7 Å². The van der Waals surface area contributed by atoms with Crippen LogP contribution in [0.25, 0.3) is 0 Å². The van der Waals surface area contributed by atoms with Crippen LogP contribution >= 0.6 is 15.9 Å². The number of aliphatic hydroxyl groups is 1. The van der Waals surface area contributed by atoms with E-state index in [1.54, 1.807) is 0 Å². The number of nitriles is 1. The van der Waals surface area contributed by atoms with Crippen molar-refractivity contribution in [2.45, 2.75) is 11.8 Å². The fraction of sp³-hybridized carbons (Fsp3) is 0.364. The van der Waals surface area contributed by atoms with Gasteiger partial charge in [-0.05, 0) is 24.1 Å². The van der Waals surface area contributed by atoms with Gasteiger partial charge >= 0.3 is 0 Å². The largest absolute Gasteiger partial charge is 0.396 e. The van der Waals surface area contributed by atoms with E-state index in [4.69, 9.17) is 10.4 Å². The molecule has 1 N–H and O–H groups in total. The zero-order valence-corrected chi connectivity index (χ0v) is 9.16. The maximum Gasteiger partial charge on any atom is 0.0877 e. The topological polar surface area (TPSA) is 44.0 Å². The lowest BCUT2D eigenvalue weighted by molar-refractivity contribution is 0.269. The maximum absolute atomic E-state index is 9.11. The highest BCUT2D eigenvalue weighted by Gasteiger charge is 2.55. The van der Waals surface area contributed by atoms with E-state index in [9.17, 15) is 0 Å². The maximum atomic E-state index is 9.11. The highest BCUT2D eigenvalue weighted by molar-refractivity contribution is 9.10. The van der Waals surface area contributed by atoms with Crippen LogP contribution in [0.1, 0.15) is 12.0 Å². The minimum Gasteiger partial charge on any atom is -0.396 e. The van der Waals surface area contributed by atoms with Gasteiger partial charge in [0.25, 0.3) is 0 Å². The molecule has 1 aromatic carbocycles. The van der Waals surface area contributed by atoms with Gasteiger partial charge in [-0.2, -0.15) is 5.26 Å². The number of halogens is 1. The predicted molar refractivity (Wildman–Crippen MR) is 56.6 cm³/mol. The SMILES string of the molecule is N#C[C@]1(c2ccc(Br)cc2)C[C@@H]1CO. The standard InChI is InChI=1S/C11H10BrNO/c12-10-3-1-8(2-4-10)11(7-13)5-9(11)6-14/h1-4,9,14H,5-6H2/t9-,11+/m1/s1. The summed E-state index contributed by atoms with van der Waals surface area (Å²) in [5.41, 5.74) is 0.595. The molecule has 1 aromatic rings. The Hall–Kier alpha value is -0.850. The lowest BCUT2D eigenvalue weighted by atomic mass is 9.95. The zero-order chi connectivity index (χ0) is 10.2. The summed E-state index contributed by atoms with van der Waals surface area (Å²) in [5.74, 6) is 0.119. The van der Waals surface area contributed by atoms with Gasteiger partial charge in [0.15, 0.2) is 0 Å². The number of rotatable bonds is 2. The molecule has 2 rings (SSSR count). The molecule has 0 unspecified atom stereocenters. The van der Waals surface area contributed by atoms with Gasteiger partial charge in [-0.3, -0.25) is 0 Å². The molecule has 0 bridgehead atoms. The molecule has 2 nitrogen and oxygen atoms in total. The van der Waals surface area contributed by atoms with Gasteiger partial charge in [0.05, 0.1) is 11.5 Å². The molecule has 1 saturated carbocycles. The van der Waals surface area contributed by atoms with Crippen molar-refractivity contribution < 1.29 is 5.11 Å². The molecule has 0 saturated heterocycles. The highest BCUT2D eigenvalue weighted by Crippen LogP contribution is 2.53. The Morgan fingerprint density at radius 1 is 1.50 bits per heavy atom. The van der Waals surface area contributed by atoms with Crippen LogP contribution in [0.2, 0.25) is 0 Å². The van der Waals surface area contributed by atoms with E-state index in [0.717, 1.165) is 16.5 Å². The molecule has 1 aliphatic carbocycles. The first-order chi connectivity index (χ1) is 6.73. The van der Waals surface area contributed by atoms with Gasteiger partial charge in [0.2, 0.25) is 0 Å². The Morgan fingerprint density at radius 2 is 2.14 bits per heavy atom. The number of nitrogens with zero attached hydrogens (tertiary/aromatic N) is 1. The molecule has 1 fully saturated rings. The van der Waals surface area contributed by atoms with Gasteiger partial charge in [0, 0.05) is 17.0 Å². The molecule has 0 aromatic heterocycles. The monoisotopic (exact) mass is 251 g/mol. The summed E-state index contributed by atoms with van der Waals surface area (Å²) in [4.78, 5) is 0. The summed E-state index contributed by atoms with van der Waals surface area (Å²) >= 11 is 3.35. The van der Waals surface area contributed by atoms with E-state index in [1.807, 2.05) is 24.3 Å². The van der Waals surface area contributed by atoms with Gasteiger partial charge < -0.3 is 5.11 Å². The van der Waals surface area contributed by atoms with Crippen molar-refractivity contribution in [3.05, 3.63) is 34.3 Å². The van der Waals surface area contributed by atoms with Crippen molar-refractivity contribution in [2.24, 2.45) is 5.92 Å². The van der Waals surface area contributed by atoms with Crippen molar-refractivity contribution in [3.8, 4) is 6.07 Å². The van der Waals surface area contributed by atoms with Crippen LogP contribution in [0, 0.1) is 17.2 Å². The van der Waals surface area contributed by atoms with E-state index < -0.39 is 5.41 Å². The first kappa shape index (κ1) is 9.70. The number of benzene rings is 1. The minimum absolute atomic E-state index is 0.101. The Labute approximate surface area is 91.3 Å². The van der Waals surface area contributed by atoms with Crippen LogP contribution in [0.5, 0.6) is 0 Å². The van der Waals surface area contributed by atoms with Crippen molar-refractivity contribution in [1.29, 1.82) is 5.26 Å². The van der Waals surface area contributed by atoms with Crippen molar-refractivity contribution >= 4 is 15.9 Å². The highest BCUT2D eigenvalue weighted by atomic mass is 79.9. The third-order valence-corrected chi connectivity index (χ3v) is 3.41. The van der Waals surface area contributed by atoms with E-state index >= 15 is 0 Å². The zero-order valence-electron chi connectivity index (χ0n) is 7.57. The van der Waals surface area contributed by atoms with Crippen molar-refractivity contribution in [2.75, 3.05) is 6.61 Å². The molecule has 0 aliphatic heterocycles. The summed E-state index contributed by atoms with van der Waals surface area (Å²) in [6.07, 6.45) is 0.779. The van der Waals surface area contributed by atoms with Gasteiger partial charge in [-0.25, -0.2) is 0 Å². The van der Waals surface area contributed by atoms with E-state index in [2.05, 4.69) is 22.0 Å². The first-order valence-corrected chi connectivity index (χ1v) is 5.30. The second-order valence-corrected chi connectivity index (χ2v) is 4.59. The third kappa shape index (κ3) is 1.35. The van der Waals surface area contributed by atoms with Gasteiger partial charge in [0.1, 0.15) is 0 Å². The second-order valence-electron chi connectivity index (χ2n) is 3.67. The molecule has 14 heavy (non-hydrogen) atoms. The van der Waals surface area contributed by atoms with Gasteiger partial charge in [-0.1, -0.05) is 28.1 Å². The lowest BCUT2D eigenvalue weighted by Gasteiger charge is -2.07. The summed E-state index contributed by atoms with van der Waals surface area (Å²) in [6.45, 7) is 0.101. The molecule has 0 heterocycles. The second kappa shape index (κ2) is 3.38. The fourth-order valence-electron chi connectivity index (χ4n) is 1.85. The van der Waals surface area contributed by atoms with Crippen molar-refractivity contribution in [3.63, 3.8) is 0 Å². The van der Waals surface area contributed by atoms with Crippen LogP contribution in [-0.2, 0) is 5.41 Å². The molecule has 0 radical (unpaired) electrons. The van der Waals surface area contributed by atoms with E-state index in [-0.39, 0.29) is 12.5 Å². The Balaban J connectivity index is 2.32. The number of hydrogen-bond acceptors (Lipinski definition) is 2.